The summed E-state index contributed by atoms with van der Waals surface area (Å²) in [6.07, 6.45) is 7.46. The number of nitrogens with zero attached hydrogens (tertiary/aromatic N) is 4. The average molecular weight is 393 g/mol. The first-order valence-corrected chi connectivity index (χ1v) is 9.06. The van der Waals surface area contributed by atoms with Crippen LogP contribution in [-0.4, -0.2) is 48.7 Å². The molecule has 0 saturated heterocycles. The Bertz CT molecular complexity index is 948. The summed E-state index contributed by atoms with van der Waals surface area (Å²) in [6, 6.07) is 9.14. The SMILES string of the molecule is COc1ccc(OC)c(NC(=O)c2cnc(N(C)CCc3ccncc3)cn2)c1. The molecule has 0 fully saturated rings. The van der Waals surface area contributed by atoms with Gasteiger partial charge in [0.1, 0.15) is 23.0 Å². The maximum Gasteiger partial charge on any atom is 0.275 e. The van der Waals surface area contributed by atoms with E-state index in [-0.39, 0.29) is 11.6 Å². The molecular formula is C21H23N5O3. The van der Waals surface area contributed by atoms with Crippen LogP contribution in [0.2, 0.25) is 0 Å². The topological polar surface area (TPSA) is 89.5 Å². The average Bonchev–Trinajstić information content (AvgIpc) is 2.78. The lowest BCUT2D eigenvalue weighted by Crippen LogP contribution is -2.22. The Balaban J connectivity index is 1.64. The van der Waals surface area contributed by atoms with E-state index in [2.05, 4.69) is 20.3 Å². The predicted molar refractivity (Wildman–Crippen MR) is 111 cm³/mol. The van der Waals surface area contributed by atoms with Gasteiger partial charge in [-0.15, -0.1) is 0 Å². The second-order valence-electron chi connectivity index (χ2n) is 6.31. The van der Waals surface area contributed by atoms with Crippen molar-refractivity contribution >= 4 is 17.4 Å². The van der Waals surface area contributed by atoms with Crippen molar-refractivity contribution < 1.29 is 14.3 Å². The normalized spacial score (nSPS) is 10.3. The largest absolute Gasteiger partial charge is 0.497 e. The van der Waals surface area contributed by atoms with Crippen molar-refractivity contribution in [2.75, 3.05) is 38.0 Å². The maximum absolute atomic E-state index is 12.5. The number of benzene rings is 1. The molecule has 0 aliphatic heterocycles. The summed E-state index contributed by atoms with van der Waals surface area (Å²) >= 11 is 0. The lowest BCUT2D eigenvalue weighted by molar-refractivity contribution is 0.102. The number of hydrogen-bond acceptors (Lipinski definition) is 7. The molecule has 0 spiro atoms. The Labute approximate surface area is 169 Å². The highest BCUT2D eigenvalue weighted by Crippen LogP contribution is 2.29. The number of ether oxygens (including phenoxy) is 2. The minimum Gasteiger partial charge on any atom is -0.497 e. The van der Waals surface area contributed by atoms with Gasteiger partial charge in [0.25, 0.3) is 5.91 Å². The molecule has 0 unspecified atom stereocenters. The minimum absolute atomic E-state index is 0.209. The van der Waals surface area contributed by atoms with Gasteiger partial charge in [-0.2, -0.15) is 0 Å². The number of likely N-dealkylation sites (N-methyl/N-ethyl adjacent to an activating group) is 1. The smallest absolute Gasteiger partial charge is 0.275 e. The van der Waals surface area contributed by atoms with Crippen LogP contribution in [0.15, 0.2) is 55.1 Å². The molecule has 8 nitrogen and oxygen atoms in total. The zero-order chi connectivity index (χ0) is 20.6. The highest BCUT2D eigenvalue weighted by molar-refractivity contribution is 6.03. The van der Waals surface area contributed by atoms with Gasteiger partial charge in [0.15, 0.2) is 0 Å². The molecule has 0 bridgehead atoms. The van der Waals surface area contributed by atoms with Gasteiger partial charge in [-0.05, 0) is 36.2 Å². The van der Waals surface area contributed by atoms with Crippen LogP contribution in [0.1, 0.15) is 16.1 Å². The number of amides is 1. The minimum atomic E-state index is -0.380. The number of methoxy groups -OCH3 is 2. The van der Waals surface area contributed by atoms with Crippen LogP contribution >= 0.6 is 0 Å². The number of nitrogens with one attached hydrogen (secondary N) is 1. The lowest BCUT2D eigenvalue weighted by Gasteiger charge is -2.17. The summed E-state index contributed by atoms with van der Waals surface area (Å²) in [5, 5.41) is 2.78. The number of anilines is 2. The summed E-state index contributed by atoms with van der Waals surface area (Å²) in [5.41, 5.74) is 1.90. The van der Waals surface area contributed by atoms with Crippen LogP contribution in [0, 0.1) is 0 Å². The zero-order valence-corrected chi connectivity index (χ0v) is 16.6. The summed E-state index contributed by atoms with van der Waals surface area (Å²) in [6.45, 7) is 0.769. The number of hydrogen-bond donors (Lipinski definition) is 1. The molecule has 3 rings (SSSR count). The molecule has 1 aromatic carbocycles. The van der Waals surface area contributed by atoms with Gasteiger partial charge >= 0.3 is 0 Å². The van der Waals surface area contributed by atoms with Crippen molar-refractivity contribution in [3.63, 3.8) is 0 Å². The second-order valence-corrected chi connectivity index (χ2v) is 6.31. The highest BCUT2D eigenvalue weighted by Gasteiger charge is 2.13. The standard InChI is InChI=1S/C21H23N5O3/c1-26(11-8-15-6-9-22-10-7-15)20-14-23-18(13-24-20)21(27)25-17-12-16(28-2)4-5-19(17)29-3/h4-7,9-10,12-14H,8,11H2,1-3H3,(H,25,27). The molecule has 0 saturated carbocycles. The Morgan fingerprint density at radius 3 is 2.52 bits per heavy atom. The van der Waals surface area contributed by atoms with Crippen molar-refractivity contribution in [3.05, 3.63) is 66.4 Å². The summed E-state index contributed by atoms with van der Waals surface area (Å²) in [4.78, 5) is 27.2. The van der Waals surface area contributed by atoms with Gasteiger partial charge in [0, 0.05) is 32.1 Å². The molecule has 2 heterocycles. The van der Waals surface area contributed by atoms with Crippen molar-refractivity contribution in [2.45, 2.75) is 6.42 Å². The van der Waals surface area contributed by atoms with Crippen molar-refractivity contribution in [2.24, 2.45) is 0 Å². The molecule has 29 heavy (non-hydrogen) atoms. The van der Waals surface area contributed by atoms with Crippen LogP contribution in [0.3, 0.4) is 0 Å². The molecule has 150 valence electrons. The van der Waals surface area contributed by atoms with E-state index in [9.17, 15) is 4.79 Å². The van der Waals surface area contributed by atoms with Crippen molar-refractivity contribution in [3.8, 4) is 11.5 Å². The number of carbonyl (C=O) groups excluding carboxylic acids is 1. The fourth-order valence-corrected chi connectivity index (χ4v) is 2.69. The third-order valence-electron chi connectivity index (χ3n) is 4.40. The van der Waals surface area contributed by atoms with E-state index in [1.54, 1.807) is 43.9 Å². The second kappa shape index (κ2) is 9.50. The molecule has 1 N–H and O–H groups in total. The Hall–Kier alpha value is -3.68. The fraction of sp³-hybridized carbons (Fsp3) is 0.238. The molecule has 8 heteroatoms. The number of rotatable bonds is 8. The van der Waals surface area contributed by atoms with E-state index in [4.69, 9.17) is 9.47 Å². The lowest BCUT2D eigenvalue weighted by atomic mass is 10.2. The molecule has 0 aliphatic rings. The Morgan fingerprint density at radius 1 is 1.07 bits per heavy atom. The first kappa shape index (κ1) is 20.1. The molecule has 2 aromatic heterocycles. The summed E-state index contributed by atoms with van der Waals surface area (Å²) < 4.78 is 10.5. The van der Waals surface area contributed by atoms with Crippen LogP contribution < -0.4 is 19.7 Å². The van der Waals surface area contributed by atoms with E-state index in [0.29, 0.717) is 23.0 Å². The summed E-state index contributed by atoms with van der Waals surface area (Å²) in [7, 11) is 5.03. The van der Waals surface area contributed by atoms with Gasteiger partial charge in [0.2, 0.25) is 0 Å². The van der Waals surface area contributed by atoms with Crippen molar-refractivity contribution in [1.29, 1.82) is 0 Å². The molecular weight excluding hydrogens is 370 g/mol. The van der Waals surface area contributed by atoms with Crippen LogP contribution in [-0.2, 0) is 6.42 Å². The predicted octanol–water partition coefficient (Wildman–Crippen LogP) is 2.82. The first-order valence-electron chi connectivity index (χ1n) is 9.06. The number of aromatic nitrogens is 3. The number of pyridine rings is 1. The van der Waals surface area contributed by atoms with E-state index in [0.717, 1.165) is 13.0 Å². The highest BCUT2D eigenvalue weighted by atomic mass is 16.5. The molecule has 0 atom stereocenters. The van der Waals surface area contributed by atoms with Crippen molar-refractivity contribution in [1.82, 2.24) is 15.0 Å². The van der Waals surface area contributed by atoms with E-state index < -0.39 is 0 Å². The fourth-order valence-electron chi connectivity index (χ4n) is 2.69. The van der Waals surface area contributed by atoms with Crippen LogP contribution in [0.4, 0.5) is 11.5 Å². The van der Waals surface area contributed by atoms with Gasteiger partial charge in [-0.25, -0.2) is 9.97 Å². The Kier molecular flexibility index (Phi) is 6.57. The monoisotopic (exact) mass is 393 g/mol. The maximum atomic E-state index is 12.5. The molecule has 0 radical (unpaired) electrons. The zero-order valence-electron chi connectivity index (χ0n) is 16.6. The third-order valence-corrected chi connectivity index (χ3v) is 4.40. The quantitative estimate of drug-likeness (QED) is 0.629. The van der Waals surface area contributed by atoms with Gasteiger partial charge in [0.05, 0.1) is 32.3 Å². The Morgan fingerprint density at radius 2 is 1.86 bits per heavy atom. The summed E-state index contributed by atoms with van der Waals surface area (Å²) in [5.74, 6) is 1.45. The van der Waals surface area contributed by atoms with Gasteiger partial charge in [-0.3, -0.25) is 9.78 Å². The molecule has 1 amide bonds. The van der Waals surface area contributed by atoms with Crippen LogP contribution in [0.25, 0.3) is 0 Å². The first-order chi connectivity index (χ1) is 14.1. The molecule has 0 aliphatic carbocycles. The van der Waals surface area contributed by atoms with E-state index in [1.807, 2.05) is 24.1 Å². The number of carbonyl (C=O) groups is 1. The van der Waals surface area contributed by atoms with Gasteiger partial charge in [-0.1, -0.05) is 0 Å². The van der Waals surface area contributed by atoms with E-state index >= 15 is 0 Å². The van der Waals surface area contributed by atoms with E-state index in [1.165, 1.54) is 18.9 Å². The molecule has 3 aromatic rings. The van der Waals surface area contributed by atoms with Crippen LogP contribution in [0.5, 0.6) is 11.5 Å². The van der Waals surface area contributed by atoms with Gasteiger partial charge < -0.3 is 19.7 Å². The third kappa shape index (κ3) is 5.19.